The van der Waals surface area contributed by atoms with E-state index in [4.69, 9.17) is 11.0 Å². The number of likely N-dealkylation sites (N-methyl/N-ethyl adjacent to an activating group) is 1. The predicted octanol–water partition coefficient (Wildman–Crippen LogP) is 1.28. The molecule has 0 aromatic heterocycles. The number of aryl methyl sites for hydroxylation is 1. The molecule has 1 aromatic rings. The third-order valence-corrected chi connectivity index (χ3v) is 2.11. The summed E-state index contributed by atoms with van der Waals surface area (Å²) in [6.45, 7) is 2.60. The second kappa shape index (κ2) is 4.64. The highest BCUT2D eigenvalue weighted by Gasteiger charge is 2.05. The van der Waals surface area contributed by atoms with E-state index >= 15 is 0 Å². The maximum absolute atomic E-state index is 8.57. The van der Waals surface area contributed by atoms with E-state index in [1.165, 1.54) is 5.56 Å². The van der Waals surface area contributed by atoms with Crippen molar-refractivity contribution in [1.82, 2.24) is 0 Å². The van der Waals surface area contributed by atoms with E-state index in [1.807, 2.05) is 49.2 Å². The Morgan fingerprint density at radius 2 is 2.00 bits per heavy atom. The summed E-state index contributed by atoms with van der Waals surface area (Å²) in [5.74, 6) is 0. The maximum Gasteiger partial charge on any atom is 0.110 e. The Hall–Kier alpha value is -1.53. The molecule has 0 amide bonds. The monoisotopic (exact) mass is 189 g/mol. The van der Waals surface area contributed by atoms with Gasteiger partial charge in [0.05, 0.1) is 6.07 Å². The van der Waals surface area contributed by atoms with Crippen molar-refractivity contribution in [3.63, 3.8) is 0 Å². The highest BCUT2D eigenvalue weighted by molar-refractivity contribution is 5.47. The molecule has 0 saturated carbocycles. The van der Waals surface area contributed by atoms with Gasteiger partial charge in [-0.2, -0.15) is 5.26 Å². The van der Waals surface area contributed by atoms with Crippen LogP contribution < -0.4 is 10.6 Å². The number of nitrogens with two attached hydrogens (primary N) is 1. The molecule has 1 rings (SSSR count). The van der Waals surface area contributed by atoms with Crippen LogP contribution in [0.3, 0.4) is 0 Å². The van der Waals surface area contributed by atoms with Gasteiger partial charge in [0.1, 0.15) is 6.04 Å². The fourth-order valence-electron chi connectivity index (χ4n) is 1.24. The summed E-state index contributed by atoms with van der Waals surface area (Å²) in [5.41, 5.74) is 7.85. The van der Waals surface area contributed by atoms with Crippen molar-refractivity contribution in [3.05, 3.63) is 29.8 Å². The molecule has 1 atom stereocenters. The zero-order chi connectivity index (χ0) is 10.6. The highest BCUT2D eigenvalue weighted by atomic mass is 15.1. The molecule has 14 heavy (non-hydrogen) atoms. The van der Waals surface area contributed by atoms with E-state index in [0.717, 1.165) is 5.69 Å². The Morgan fingerprint density at radius 1 is 1.43 bits per heavy atom. The van der Waals surface area contributed by atoms with Crippen LogP contribution in [0.5, 0.6) is 0 Å². The highest BCUT2D eigenvalue weighted by Crippen LogP contribution is 2.12. The summed E-state index contributed by atoms with van der Waals surface area (Å²) in [5, 5.41) is 8.57. The number of nitrogens with zero attached hydrogens (tertiary/aromatic N) is 2. The first-order valence-electron chi connectivity index (χ1n) is 4.56. The van der Waals surface area contributed by atoms with Crippen molar-refractivity contribution in [1.29, 1.82) is 5.26 Å². The maximum atomic E-state index is 8.57. The number of anilines is 1. The first kappa shape index (κ1) is 10.6. The lowest BCUT2D eigenvalue weighted by molar-refractivity contribution is 0.785. The molecule has 1 aromatic carbocycles. The zero-order valence-electron chi connectivity index (χ0n) is 8.57. The van der Waals surface area contributed by atoms with Crippen molar-refractivity contribution >= 4 is 5.69 Å². The topological polar surface area (TPSA) is 53.0 Å². The van der Waals surface area contributed by atoms with Crippen molar-refractivity contribution in [2.75, 3.05) is 18.5 Å². The van der Waals surface area contributed by atoms with Crippen LogP contribution >= 0.6 is 0 Å². The summed E-state index contributed by atoms with van der Waals surface area (Å²) in [7, 11) is 1.93. The van der Waals surface area contributed by atoms with Gasteiger partial charge in [-0.05, 0) is 19.1 Å². The molecule has 0 aliphatic carbocycles. The normalized spacial score (nSPS) is 11.9. The molecule has 0 aliphatic rings. The Labute approximate surface area is 84.7 Å². The van der Waals surface area contributed by atoms with Gasteiger partial charge in [0, 0.05) is 19.3 Å². The fourth-order valence-corrected chi connectivity index (χ4v) is 1.24. The van der Waals surface area contributed by atoms with Crippen molar-refractivity contribution in [3.8, 4) is 6.07 Å². The van der Waals surface area contributed by atoms with E-state index < -0.39 is 6.04 Å². The molecule has 2 N–H and O–H groups in total. The molecule has 0 radical (unpaired) electrons. The standard InChI is InChI=1S/C11H15N3/c1-9-3-5-11(6-4-9)14(2)8-10(13)7-12/h3-6,10H,8,13H2,1-2H3. The molecular formula is C11H15N3. The van der Waals surface area contributed by atoms with E-state index in [-0.39, 0.29) is 0 Å². The molecule has 74 valence electrons. The molecule has 1 unspecified atom stereocenters. The number of benzene rings is 1. The lowest BCUT2D eigenvalue weighted by Crippen LogP contribution is -2.33. The Balaban J connectivity index is 2.66. The summed E-state index contributed by atoms with van der Waals surface area (Å²) in [4.78, 5) is 1.98. The summed E-state index contributed by atoms with van der Waals surface area (Å²) < 4.78 is 0. The quantitative estimate of drug-likeness (QED) is 0.779. The largest absolute Gasteiger partial charge is 0.372 e. The summed E-state index contributed by atoms with van der Waals surface area (Å²) in [6, 6.07) is 9.73. The smallest absolute Gasteiger partial charge is 0.110 e. The van der Waals surface area contributed by atoms with Gasteiger partial charge in [-0.1, -0.05) is 17.7 Å². The van der Waals surface area contributed by atoms with Gasteiger partial charge in [0.2, 0.25) is 0 Å². The van der Waals surface area contributed by atoms with Crippen molar-refractivity contribution < 1.29 is 0 Å². The summed E-state index contributed by atoms with van der Waals surface area (Å²) >= 11 is 0. The number of rotatable bonds is 3. The first-order chi connectivity index (χ1) is 6.63. The second-order valence-electron chi connectivity index (χ2n) is 3.45. The third kappa shape index (κ3) is 2.75. The van der Waals surface area contributed by atoms with Gasteiger partial charge < -0.3 is 10.6 Å². The van der Waals surface area contributed by atoms with Crippen LogP contribution in [0.4, 0.5) is 5.69 Å². The third-order valence-electron chi connectivity index (χ3n) is 2.11. The number of nitriles is 1. The minimum atomic E-state index is -0.429. The molecular weight excluding hydrogens is 174 g/mol. The molecule has 0 aliphatic heterocycles. The van der Waals surface area contributed by atoms with Gasteiger partial charge >= 0.3 is 0 Å². The van der Waals surface area contributed by atoms with Gasteiger partial charge in [0.15, 0.2) is 0 Å². The van der Waals surface area contributed by atoms with Gasteiger partial charge in [-0.25, -0.2) is 0 Å². The Bertz CT molecular complexity index is 323. The molecule has 0 heterocycles. The molecule has 3 heteroatoms. The van der Waals surface area contributed by atoms with Crippen molar-refractivity contribution in [2.24, 2.45) is 5.73 Å². The second-order valence-corrected chi connectivity index (χ2v) is 3.45. The molecule has 0 bridgehead atoms. The fraction of sp³-hybridized carbons (Fsp3) is 0.364. The van der Waals surface area contributed by atoms with Crippen molar-refractivity contribution in [2.45, 2.75) is 13.0 Å². The minimum absolute atomic E-state index is 0.429. The molecule has 0 spiro atoms. The average molecular weight is 189 g/mol. The molecule has 0 saturated heterocycles. The molecule has 3 nitrogen and oxygen atoms in total. The van der Waals surface area contributed by atoms with Crippen LogP contribution in [0.15, 0.2) is 24.3 Å². The summed E-state index contributed by atoms with van der Waals surface area (Å²) in [6.07, 6.45) is 0. The predicted molar refractivity (Wildman–Crippen MR) is 58.0 cm³/mol. The van der Waals surface area contributed by atoms with Crippen LogP contribution in [0.2, 0.25) is 0 Å². The van der Waals surface area contributed by atoms with Crippen LogP contribution in [-0.2, 0) is 0 Å². The SMILES string of the molecule is Cc1ccc(N(C)CC(N)C#N)cc1. The van der Waals surface area contributed by atoms with E-state index in [0.29, 0.717) is 6.54 Å². The van der Waals surface area contributed by atoms with E-state index in [2.05, 4.69) is 0 Å². The van der Waals surface area contributed by atoms with Crippen LogP contribution in [0, 0.1) is 18.3 Å². The average Bonchev–Trinajstić information content (AvgIpc) is 2.18. The lowest BCUT2D eigenvalue weighted by atomic mass is 10.2. The van der Waals surface area contributed by atoms with Crippen LogP contribution in [-0.4, -0.2) is 19.6 Å². The number of hydrogen-bond acceptors (Lipinski definition) is 3. The Morgan fingerprint density at radius 3 is 2.50 bits per heavy atom. The lowest BCUT2D eigenvalue weighted by Gasteiger charge is -2.20. The number of hydrogen-bond donors (Lipinski definition) is 1. The van der Waals surface area contributed by atoms with Crippen LogP contribution in [0.1, 0.15) is 5.56 Å². The van der Waals surface area contributed by atoms with E-state index in [9.17, 15) is 0 Å². The van der Waals surface area contributed by atoms with Gasteiger partial charge in [-0.15, -0.1) is 0 Å². The zero-order valence-corrected chi connectivity index (χ0v) is 8.57. The minimum Gasteiger partial charge on any atom is -0.372 e. The molecule has 0 fully saturated rings. The first-order valence-corrected chi connectivity index (χ1v) is 4.56. The van der Waals surface area contributed by atoms with E-state index in [1.54, 1.807) is 0 Å². The van der Waals surface area contributed by atoms with Gasteiger partial charge in [0.25, 0.3) is 0 Å². The Kier molecular flexibility index (Phi) is 3.49. The van der Waals surface area contributed by atoms with Crippen LogP contribution in [0.25, 0.3) is 0 Å². The van der Waals surface area contributed by atoms with Gasteiger partial charge in [-0.3, -0.25) is 0 Å².